The lowest BCUT2D eigenvalue weighted by Crippen LogP contribution is -2.34. The van der Waals surface area contributed by atoms with Crippen LogP contribution in [0.15, 0.2) is 18.2 Å². The average Bonchev–Trinajstić information content (AvgIpc) is 2.87. The highest BCUT2D eigenvalue weighted by molar-refractivity contribution is 6.31. The molecule has 1 aromatic carbocycles. The lowest BCUT2D eigenvalue weighted by Gasteiger charge is -2.28. The Morgan fingerprint density at radius 2 is 2.00 bits per heavy atom. The van der Waals surface area contributed by atoms with Gasteiger partial charge in [0.25, 0.3) is 0 Å². The molecule has 2 rings (SSSR count). The maximum atomic E-state index is 13.3. The van der Waals surface area contributed by atoms with E-state index < -0.39 is 0 Å². The van der Waals surface area contributed by atoms with Gasteiger partial charge in [0.1, 0.15) is 5.82 Å². The Morgan fingerprint density at radius 1 is 1.28 bits per heavy atom. The second kappa shape index (κ2) is 6.74. The van der Waals surface area contributed by atoms with Crippen molar-refractivity contribution in [3.05, 3.63) is 34.6 Å². The minimum atomic E-state index is -0.230. The molecule has 4 heteroatoms. The largest absolute Gasteiger partial charge is 0.295 e. The van der Waals surface area contributed by atoms with Gasteiger partial charge in [-0.25, -0.2) is 4.39 Å². The van der Waals surface area contributed by atoms with E-state index in [0.717, 1.165) is 12.1 Å². The maximum Gasteiger partial charge on any atom is 0.123 e. The summed E-state index contributed by atoms with van der Waals surface area (Å²) in [4.78, 5) is 2.33. The predicted molar refractivity (Wildman–Crippen MR) is 74.8 cm³/mol. The smallest absolute Gasteiger partial charge is 0.123 e. The highest BCUT2D eigenvalue weighted by atomic mass is 35.5. The molecule has 0 N–H and O–H groups in total. The lowest BCUT2D eigenvalue weighted by molar-refractivity contribution is 0.201. The zero-order chi connectivity index (χ0) is 13.0. The van der Waals surface area contributed by atoms with Crippen LogP contribution in [0.4, 0.5) is 4.39 Å². The Labute approximate surface area is 118 Å². The van der Waals surface area contributed by atoms with E-state index in [0.29, 0.717) is 23.5 Å². The van der Waals surface area contributed by atoms with Crippen LogP contribution in [-0.4, -0.2) is 23.4 Å². The van der Waals surface area contributed by atoms with Crippen LogP contribution in [0.2, 0.25) is 5.02 Å². The van der Waals surface area contributed by atoms with Crippen molar-refractivity contribution in [1.82, 2.24) is 4.90 Å². The molecule has 1 aliphatic carbocycles. The van der Waals surface area contributed by atoms with E-state index in [4.69, 9.17) is 23.2 Å². The van der Waals surface area contributed by atoms with Gasteiger partial charge in [-0.3, -0.25) is 4.90 Å². The molecule has 18 heavy (non-hydrogen) atoms. The Kier molecular flexibility index (Phi) is 5.28. The van der Waals surface area contributed by atoms with Crippen LogP contribution in [0, 0.1) is 5.82 Å². The van der Waals surface area contributed by atoms with Gasteiger partial charge >= 0.3 is 0 Å². The number of alkyl halides is 1. The van der Waals surface area contributed by atoms with E-state index in [1.807, 2.05) is 0 Å². The molecule has 0 atom stereocenters. The highest BCUT2D eigenvalue weighted by Gasteiger charge is 2.22. The van der Waals surface area contributed by atoms with E-state index in [1.54, 1.807) is 6.07 Å². The van der Waals surface area contributed by atoms with Crippen LogP contribution in [0.1, 0.15) is 31.2 Å². The van der Waals surface area contributed by atoms with E-state index in [9.17, 15) is 4.39 Å². The average molecular weight is 290 g/mol. The van der Waals surface area contributed by atoms with Gasteiger partial charge in [-0.05, 0) is 36.6 Å². The molecule has 1 saturated carbocycles. The van der Waals surface area contributed by atoms with Gasteiger partial charge in [0.05, 0.1) is 0 Å². The minimum Gasteiger partial charge on any atom is -0.295 e. The second-order valence-electron chi connectivity index (χ2n) is 4.83. The molecule has 0 aromatic heterocycles. The third-order valence-corrected chi connectivity index (χ3v) is 4.13. The third kappa shape index (κ3) is 3.59. The van der Waals surface area contributed by atoms with E-state index >= 15 is 0 Å². The van der Waals surface area contributed by atoms with Crippen molar-refractivity contribution in [3.8, 4) is 0 Å². The third-order valence-electron chi connectivity index (χ3n) is 3.59. The summed E-state index contributed by atoms with van der Waals surface area (Å²) in [6, 6.07) is 5.12. The number of hydrogen-bond donors (Lipinski definition) is 0. The fourth-order valence-corrected chi connectivity index (χ4v) is 3.05. The van der Waals surface area contributed by atoms with Crippen LogP contribution >= 0.6 is 23.2 Å². The summed E-state index contributed by atoms with van der Waals surface area (Å²) >= 11 is 12.0. The molecule has 0 spiro atoms. The summed E-state index contributed by atoms with van der Waals surface area (Å²) in [6.45, 7) is 1.52. The topological polar surface area (TPSA) is 3.24 Å². The Balaban J connectivity index is 2.09. The van der Waals surface area contributed by atoms with Gasteiger partial charge in [-0.15, -0.1) is 11.6 Å². The zero-order valence-corrected chi connectivity index (χ0v) is 11.9. The van der Waals surface area contributed by atoms with Crippen LogP contribution in [0.3, 0.4) is 0 Å². The molecule has 100 valence electrons. The van der Waals surface area contributed by atoms with Gasteiger partial charge in [0, 0.05) is 30.0 Å². The van der Waals surface area contributed by atoms with Crippen molar-refractivity contribution in [2.45, 2.75) is 38.3 Å². The second-order valence-corrected chi connectivity index (χ2v) is 5.62. The number of hydrogen-bond acceptors (Lipinski definition) is 1. The summed E-state index contributed by atoms with van der Waals surface area (Å²) in [7, 11) is 0. The summed E-state index contributed by atoms with van der Waals surface area (Å²) in [5.41, 5.74) is 0.855. The number of nitrogens with zero attached hydrogens (tertiary/aromatic N) is 1. The first-order valence-electron chi connectivity index (χ1n) is 6.44. The molecular formula is C14H18Cl2FN. The van der Waals surface area contributed by atoms with Gasteiger partial charge in [-0.1, -0.05) is 24.4 Å². The molecular weight excluding hydrogens is 272 g/mol. The Bertz CT molecular complexity index is 391. The van der Waals surface area contributed by atoms with Crippen LogP contribution in [-0.2, 0) is 6.54 Å². The number of rotatable bonds is 5. The summed E-state index contributed by atoms with van der Waals surface area (Å²) in [5, 5.41) is 0.633. The fourth-order valence-electron chi connectivity index (χ4n) is 2.65. The first-order valence-corrected chi connectivity index (χ1v) is 7.36. The van der Waals surface area contributed by atoms with Crippen molar-refractivity contribution >= 4 is 23.2 Å². The van der Waals surface area contributed by atoms with Gasteiger partial charge in [0.2, 0.25) is 0 Å². The quantitative estimate of drug-likeness (QED) is 0.724. The van der Waals surface area contributed by atoms with Crippen molar-refractivity contribution < 1.29 is 4.39 Å². The van der Waals surface area contributed by atoms with Gasteiger partial charge in [0.15, 0.2) is 0 Å². The molecule has 0 unspecified atom stereocenters. The normalized spacial score (nSPS) is 16.7. The Morgan fingerprint density at radius 3 is 2.67 bits per heavy atom. The van der Waals surface area contributed by atoms with Crippen LogP contribution in [0.25, 0.3) is 0 Å². The van der Waals surface area contributed by atoms with Crippen LogP contribution < -0.4 is 0 Å². The molecule has 1 aliphatic rings. The maximum absolute atomic E-state index is 13.3. The fraction of sp³-hybridized carbons (Fsp3) is 0.571. The van der Waals surface area contributed by atoms with Crippen molar-refractivity contribution in [2.75, 3.05) is 12.4 Å². The molecule has 0 radical (unpaired) electrons. The molecule has 1 fully saturated rings. The number of halogens is 3. The van der Waals surface area contributed by atoms with Gasteiger partial charge < -0.3 is 0 Å². The molecule has 0 bridgehead atoms. The van der Waals surface area contributed by atoms with Crippen molar-refractivity contribution in [3.63, 3.8) is 0 Å². The Hall–Kier alpha value is -0.310. The monoisotopic (exact) mass is 289 g/mol. The molecule has 1 aromatic rings. The van der Waals surface area contributed by atoms with Crippen molar-refractivity contribution in [2.24, 2.45) is 0 Å². The molecule has 0 aliphatic heterocycles. The molecule has 0 saturated heterocycles. The standard InChI is InChI=1S/C14H18Cl2FN/c15-7-8-18(13-3-1-2-4-13)10-11-9-12(17)5-6-14(11)16/h5-6,9,13H,1-4,7-8,10H2. The summed E-state index contributed by atoms with van der Waals surface area (Å²) < 4.78 is 13.3. The predicted octanol–water partition coefficient (Wildman–Crippen LogP) is 4.46. The minimum absolute atomic E-state index is 0.230. The summed E-state index contributed by atoms with van der Waals surface area (Å²) in [5.74, 6) is 0.371. The first kappa shape index (κ1) is 14.1. The van der Waals surface area contributed by atoms with Crippen LogP contribution in [0.5, 0.6) is 0 Å². The molecule has 0 amide bonds. The lowest BCUT2D eigenvalue weighted by atomic mass is 10.1. The highest BCUT2D eigenvalue weighted by Crippen LogP contribution is 2.27. The van der Waals surface area contributed by atoms with E-state index in [1.165, 1.54) is 37.8 Å². The van der Waals surface area contributed by atoms with E-state index in [-0.39, 0.29) is 5.82 Å². The van der Waals surface area contributed by atoms with E-state index in [2.05, 4.69) is 4.90 Å². The van der Waals surface area contributed by atoms with Gasteiger partial charge in [-0.2, -0.15) is 0 Å². The molecule has 1 nitrogen and oxygen atoms in total. The summed E-state index contributed by atoms with van der Waals surface area (Å²) in [6.07, 6.45) is 4.98. The SMILES string of the molecule is Fc1ccc(Cl)c(CN(CCCl)C2CCCC2)c1. The first-order chi connectivity index (χ1) is 8.70. The number of benzene rings is 1. The van der Waals surface area contributed by atoms with Crippen molar-refractivity contribution in [1.29, 1.82) is 0 Å². The zero-order valence-electron chi connectivity index (χ0n) is 10.3. The molecule has 0 heterocycles.